The third-order valence-corrected chi connectivity index (χ3v) is 9.11. The smallest absolute Gasteiger partial charge is 0.278 e. The number of hydrogen-bond acceptors (Lipinski definition) is 7. The summed E-state index contributed by atoms with van der Waals surface area (Å²) >= 11 is 0. The Morgan fingerprint density at radius 1 is 1.12 bits per heavy atom. The van der Waals surface area contributed by atoms with Crippen molar-refractivity contribution in [2.75, 3.05) is 31.6 Å². The van der Waals surface area contributed by atoms with Crippen LogP contribution in [0.4, 0.5) is 15.8 Å². The number of morpholine rings is 1. The molecule has 0 spiro atoms. The molecule has 0 radical (unpaired) electrons. The van der Waals surface area contributed by atoms with Crippen LogP contribution < -0.4 is 10.9 Å². The SMILES string of the molecule is CC(C)(C)C1=CC(F)c2c(cnn(-c3cccc(-c4cc(Nc5ccc(C(=O)N6CCOCC6)cc5)c5nccn5c4)c3CO)c2=O)C1. The molecule has 0 saturated carbocycles. The van der Waals surface area contributed by atoms with E-state index in [9.17, 15) is 14.7 Å². The summed E-state index contributed by atoms with van der Waals surface area (Å²) in [4.78, 5) is 33.0. The van der Waals surface area contributed by atoms with Gasteiger partial charge >= 0.3 is 0 Å². The van der Waals surface area contributed by atoms with Crippen LogP contribution in [-0.2, 0) is 17.8 Å². The summed E-state index contributed by atoms with van der Waals surface area (Å²) in [6.45, 7) is 7.92. The standard InChI is InChI=1S/C37H37FN6O4/c1-37(2,3)26-17-24-20-40-44(36(47)33(24)30(38)19-26)32-6-4-5-28(29(32)22-45)25-18-31(34-39-11-12-43(34)21-25)41-27-9-7-23(8-10-27)35(46)42-13-15-48-16-14-42/h4-12,18-21,30,41,45H,13-17,22H2,1-3H3. The number of nitrogens with zero attached hydrogens (tertiary/aromatic N) is 5. The summed E-state index contributed by atoms with van der Waals surface area (Å²) in [5.74, 6) is -0.0282. The molecule has 1 amide bonds. The van der Waals surface area contributed by atoms with E-state index in [2.05, 4.69) is 15.4 Å². The van der Waals surface area contributed by atoms with Crippen LogP contribution in [0.3, 0.4) is 0 Å². The number of alkyl halides is 1. The number of aliphatic hydroxyl groups is 1. The van der Waals surface area contributed by atoms with E-state index in [4.69, 9.17) is 4.74 Å². The highest BCUT2D eigenvalue weighted by Crippen LogP contribution is 2.38. The van der Waals surface area contributed by atoms with Gasteiger partial charge in [-0.25, -0.2) is 9.37 Å². The Hall–Kier alpha value is -5.13. The van der Waals surface area contributed by atoms with E-state index in [1.54, 1.807) is 47.6 Å². The highest BCUT2D eigenvalue weighted by Gasteiger charge is 2.30. The molecule has 11 heteroatoms. The molecular formula is C37H37FN6O4. The number of aliphatic hydroxyl groups excluding tert-OH is 1. The Morgan fingerprint density at radius 3 is 2.62 bits per heavy atom. The van der Waals surface area contributed by atoms with Crippen LogP contribution in [0.15, 0.2) is 89.8 Å². The zero-order chi connectivity index (χ0) is 33.6. The number of benzene rings is 2. The minimum absolute atomic E-state index is 0.0282. The summed E-state index contributed by atoms with van der Waals surface area (Å²) in [6, 6.07) is 14.6. The Balaban J connectivity index is 1.23. The highest BCUT2D eigenvalue weighted by atomic mass is 19.1. The normalized spacial score (nSPS) is 16.5. The number of halogens is 1. The first-order chi connectivity index (χ1) is 23.1. The third kappa shape index (κ3) is 5.80. The predicted octanol–water partition coefficient (Wildman–Crippen LogP) is 5.79. The Kier molecular flexibility index (Phi) is 8.18. The number of hydrogen-bond donors (Lipinski definition) is 2. The maximum Gasteiger partial charge on any atom is 0.278 e. The van der Waals surface area contributed by atoms with Gasteiger partial charge < -0.3 is 24.5 Å². The quantitative estimate of drug-likeness (QED) is 0.224. The van der Waals surface area contributed by atoms with Crippen LogP contribution in [0.2, 0.25) is 0 Å². The molecule has 246 valence electrons. The molecule has 2 aliphatic rings. The fraction of sp³-hybridized carbons (Fsp3) is 0.297. The third-order valence-electron chi connectivity index (χ3n) is 9.11. The molecule has 1 saturated heterocycles. The van der Waals surface area contributed by atoms with Crippen LogP contribution in [0.5, 0.6) is 0 Å². The average molecular weight is 649 g/mol. The van der Waals surface area contributed by atoms with E-state index in [1.165, 1.54) is 4.68 Å². The average Bonchev–Trinajstić information content (AvgIpc) is 3.57. The van der Waals surface area contributed by atoms with Gasteiger partial charge in [0, 0.05) is 54.1 Å². The number of fused-ring (bicyclic) bond motifs is 2. The fourth-order valence-corrected chi connectivity index (χ4v) is 6.43. The Labute approximate surface area is 277 Å². The first kappa shape index (κ1) is 31.5. The van der Waals surface area contributed by atoms with Gasteiger partial charge in [0.15, 0.2) is 5.65 Å². The lowest BCUT2D eigenvalue weighted by Gasteiger charge is -2.28. The lowest BCUT2D eigenvalue weighted by Crippen LogP contribution is -2.40. The number of rotatable bonds is 6. The number of anilines is 2. The summed E-state index contributed by atoms with van der Waals surface area (Å²) in [7, 11) is 0. The van der Waals surface area contributed by atoms with Gasteiger partial charge in [0.2, 0.25) is 0 Å². The van der Waals surface area contributed by atoms with Crippen molar-refractivity contribution in [1.82, 2.24) is 24.1 Å². The van der Waals surface area contributed by atoms with Gasteiger partial charge in [0.1, 0.15) is 6.17 Å². The molecule has 1 aliphatic heterocycles. The van der Waals surface area contributed by atoms with E-state index in [-0.39, 0.29) is 23.5 Å². The number of carbonyl (C=O) groups is 1. The summed E-state index contributed by atoms with van der Waals surface area (Å²) < 4.78 is 23.9. The number of imidazole rings is 1. The molecule has 7 rings (SSSR count). The van der Waals surface area contributed by atoms with Crippen LogP contribution in [0, 0.1) is 5.41 Å². The highest BCUT2D eigenvalue weighted by molar-refractivity contribution is 5.95. The minimum atomic E-state index is -1.55. The maximum absolute atomic E-state index is 15.5. The lowest BCUT2D eigenvalue weighted by atomic mass is 9.78. The zero-order valence-corrected chi connectivity index (χ0v) is 27.1. The van der Waals surface area contributed by atoms with Gasteiger partial charge in [-0.2, -0.15) is 9.78 Å². The maximum atomic E-state index is 15.5. The second kappa shape index (κ2) is 12.5. The molecule has 10 nitrogen and oxygen atoms in total. The molecule has 1 fully saturated rings. The van der Waals surface area contributed by atoms with E-state index in [0.717, 1.165) is 16.8 Å². The molecule has 1 aliphatic carbocycles. The first-order valence-electron chi connectivity index (χ1n) is 16.0. The molecule has 1 unspecified atom stereocenters. The van der Waals surface area contributed by atoms with Crippen molar-refractivity contribution in [2.24, 2.45) is 5.41 Å². The van der Waals surface area contributed by atoms with Crippen molar-refractivity contribution in [2.45, 2.75) is 40.0 Å². The number of ether oxygens (including phenoxy) is 1. The number of nitrogens with one attached hydrogen (secondary N) is 1. The molecule has 2 N–H and O–H groups in total. The van der Waals surface area contributed by atoms with Crippen molar-refractivity contribution in [3.63, 3.8) is 0 Å². The second-order valence-corrected chi connectivity index (χ2v) is 13.2. The molecule has 1 atom stereocenters. The summed E-state index contributed by atoms with van der Waals surface area (Å²) in [5, 5.41) is 18.6. The Morgan fingerprint density at radius 2 is 1.90 bits per heavy atom. The molecule has 5 aromatic rings. The van der Waals surface area contributed by atoms with E-state index >= 15 is 4.39 Å². The molecular weight excluding hydrogens is 611 g/mol. The van der Waals surface area contributed by atoms with Crippen LogP contribution in [-0.4, -0.2) is 61.4 Å². The summed E-state index contributed by atoms with van der Waals surface area (Å²) in [5.41, 5.74) is 5.83. The molecule has 4 heterocycles. The van der Waals surface area contributed by atoms with Crippen molar-refractivity contribution in [3.8, 4) is 16.8 Å². The Bertz CT molecular complexity index is 2110. The van der Waals surface area contributed by atoms with Gasteiger partial charge in [0.25, 0.3) is 11.5 Å². The number of allylic oxidation sites excluding steroid dienone is 2. The molecule has 48 heavy (non-hydrogen) atoms. The predicted molar refractivity (Wildman–Crippen MR) is 181 cm³/mol. The number of carbonyl (C=O) groups excluding carboxylic acids is 1. The number of aromatic nitrogens is 4. The van der Waals surface area contributed by atoms with Crippen LogP contribution in [0.25, 0.3) is 22.5 Å². The van der Waals surface area contributed by atoms with Gasteiger partial charge in [-0.15, -0.1) is 0 Å². The van der Waals surface area contributed by atoms with Gasteiger partial charge in [-0.3, -0.25) is 9.59 Å². The van der Waals surface area contributed by atoms with Crippen molar-refractivity contribution < 1.29 is 19.0 Å². The largest absolute Gasteiger partial charge is 0.392 e. The summed E-state index contributed by atoms with van der Waals surface area (Å²) in [6.07, 6.45) is 7.44. The van der Waals surface area contributed by atoms with E-state index < -0.39 is 11.7 Å². The van der Waals surface area contributed by atoms with Gasteiger partial charge in [-0.05, 0) is 65.4 Å². The minimum Gasteiger partial charge on any atom is -0.392 e. The zero-order valence-electron chi connectivity index (χ0n) is 27.1. The molecule has 0 bridgehead atoms. The van der Waals surface area contributed by atoms with Crippen molar-refractivity contribution in [1.29, 1.82) is 0 Å². The lowest BCUT2D eigenvalue weighted by molar-refractivity contribution is 0.0303. The van der Waals surface area contributed by atoms with Gasteiger partial charge in [0.05, 0.1) is 43.0 Å². The molecule has 2 aromatic carbocycles. The topological polar surface area (TPSA) is 114 Å². The van der Waals surface area contributed by atoms with Crippen molar-refractivity contribution >= 4 is 22.9 Å². The van der Waals surface area contributed by atoms with E-state index in [0.29, 0.717) is 72.0 Å². The first-order valence-corrected chi connectivity index (χ1v) is 16.0. The second-order valence-electron chi connectivity index (χ2n) is 13.2. The van der Waals surface area contributed by atoms with Crippen LogP contribution >= 0.6 is 0 Å². The number of amides is 1. The van der Waals surface area contributed by atoms with E-state index in [1.807, 2.05) is 61.8 Å². The van der Waals surface area contributed by atoms with Gasteiger partial charge in [-0.1, -0.05) is 38.5 Å². The van der Waals surface area contributed by atoms with Crippen LogP contribution in [0.1, 0.15) is 54.0 Å². The molecule has 3 aromatic heterocycles. The monoisotopic (exact) mass is 648 g/mol. The fourth-order valence-electron chi connectivity index (χ4n) is 6.43. The van der Waals surface area contributed by atoms with Crippen molar-refractivity contribution in [3.05, 3.63) is 118 Å². The number of pyridine rings is 1.